The lowest BCUT2D eigenvalue weighted by Gasteiger charge is -2.17. The number of ether oxygens (including phenoxy) is 1. The third-order valence-electron chi connectivity index (χ3n) is 2.86. The van der Waals surface area contributed by atoms with E-state index in [0.717, 1.165) is 16.0 Å². The van der Waals surface area contributed by atoms with Gasteiger partial charge in [-0.25, -0.2) is 9.78 Å². The van der Waals surface area contributed by atoms with Gasteiger partial charge in [-0.05, 0) is 26.0 Å². The van der Waals surface area contributed by atoms with Crippen LogP contribution in [0.5, 0.6) is 5.75 Å². The normalized spacial score (nSPS) is 10.5. The fraction of sp³-hybridized carbons (Fsp3) is 0.385. The first-order chi connectivity index (χ1) is 9.17. The molecule has 0 spiro atoms. The number of hydrogen-bond donors (Lipinski definition) is 1. The van der Waals surface area contributed by atoms with Crippen molar-refractivity contribution in [1.29, 1.82) is 0 Å². The third-order valence-corrected chi connectivity index (χ3v) is 3.81. The second kappa shape index (κ2) is 5.88. The van der Waals surface area contributed by atoms with Crippen LogP contribution in [0, 0.1) is 0 Å². The van der Waals surface area contributed by atoms with Gasteiger partial charge in [0.25, 0.3) is 0 Å². The number of nitrogens with one attached hydrogen (secondary N) is 1. The van der Waals surface area contributed by atoms with E-state index in [4.69, 9.17) is 4.74 Å². The van der Waals surface area contributed by atoms with Crippen molar-refractivity contribution in [2.24, 2.45) is 0 Å². The van der Waals surface area contributed by atoms with Crippen molar-refractivity contribution in [3.05, 3.63) is 18.2 Å². The van der Waals surface area contributed by atoms with Crippen LogP contribution in [0.2, 0.25) is 0 Å². The molecule has 0 bridgehead atoms. The molecule has 2 amide bonds. The number of rotatable bonds is 4. The number of carbonyl (C=O) groups excluding carboxylic acids is 1. The number of benzene rings is 1. The molecule has 0 saturated carbocycles. The zero-order valence-corrected chi connectivity index (χ0v) is 12.1. The highest BCUT2D eigenvalue weighted by Gasteiger charge is 2.12. The first-order valence-electron chi connectivity index (χ1n) is 6.18. The lowest BCUT2D eigenvalue weighted by Crippen LogP contribution is -2.34. The van der Waals surface area contributed by atoms with Gasteiger partial charge < -0.3 is 9.64 Å². The summed E-state index contributed by atoms with van der Waals surface area (Å²) in [6, 6.07) is 5.57. The molecule has 0 atom stereocenters. The molecule has 0 aliphatic carbocycles. The number of urea groups is 1. The van der Waals surface area contributed by atoms with E-state index in [9.17, 15) is 4.79 Å². The average Bonchev–Trinajstić information content (AvgIpc) is 2.80. The predicted molar refractivity (Wildman–Crippen MR) is 78.1 cm³/mol. The molecule has 1 heterocycles. The van der Waals surface area contributed by atoms with E-state index >= 15 is 0 Å². The smallest absolute Gasteiger partial charge is 0.323 e. The van der Waals surface area contributed by atoms with Gasteiger partial charge in [-0.1, -0.05) is 11.3 Å². The molecule has 0 aliphatic rings. The van der Waals surface area contributed by atoms with Crippen LogP contribution in [0.15, 0.2) is 18.2 Å². The van der Waals surface area contributed by atoms with E-state index in [-0.39, 0.29) is 6.03 Å². The van der Waals surface area contributed by atoms with E-state index < -0.39 is 0 Å². The van der Waals surface area contributed by atoms with Crippen LogP contribution in [0.25, 0.3) is 10.2 Å². The SMILES string of the molecule is CCN(CC)C(=O)Nc1nc2cc(OC)ccc2s1. The largest absolute Gasteiger partial charge is 0.497 e. The summed E-state index contributed by atoms with van der Waals surface area (Å²) >= 11 is 1.46. The number of thiazole rings is 1. The summed E-state index contributed by atoms with van der Waals surface area (Å²) in [6.07, 6.45) is 0. The number of hydrogen-bond acceptors (Lipinski definition) is 4. The minimum absolute atomic E-state index is 0.115. The topological polar surface area (TPSA) is 54.5 Å². The molecule has 0 saturated heterocycles. The Bertz CT molecular complexity index is 578. The van der Waals surface area contributed by atoms with Gasteiger partial charge >= 0.3 is 6.03 Å². The van der Waals surface area contributed by atoms with Crippen LogP contribution in [0.1, 0.15) is 13.8 Å². The Hall–Kier alpha value is -1.82. The number of methoxy groups -OCH3 is 1. The van der Waals surface area contributed by atoms with Crippen LogP contribution < -0.4 is 10.1 Å². The first kappa shape index (κ1) is 13.6. The number of amides is 2. The standard InChI is InChI=1S/C13H17N3O2S/c1-4-16(5-2)13(17)15-12-14-10-8-9(18-3)6-7-11(10)19-12/h6-8H,4-5H2,1-3H3,(H,14,15,17). The first-order valence-corrected chi connectivity index (χ1v) is 7.00. The van der Waals surface area contributed by atoms with E-state index in [0.29, 0.717) is 18.2 Å². The Morgan fingerprint density at radius 1 is 1.42 bits per heavy atom. The molecule has 2 rings (SSSR count). The second-order valence-electron chi connectivity index (χ2n) is 3.96. The fourth-order valence-corrected chi connectivity index (χ4v) is 2.60. The molecular weight excluding hydrogens is 262 g/mol. The van der Waals surface area contributed by atoms with Gasteiger partial charge in [-0.3, -0.25) is 5.32 Å². The Morgan fingerprint density at radius 2 is 2.16 bits per heavy atom. The third kappa shape index (κ3) is 2.96. The van der Waals surface area contributed by atoms with Gasteiger partial charge in [0.2, 0.25) is 0 Å². The number of fused-ring (bicyclic) bond motifs is 1. The van der Waals surface area contributed by atoms with Crippen molar-refractivity contribution in [2.45, 2.75) is 13.8 Å². The van der Waals surface area contributed by atoms with Crippen molar-refractivity contribution < 1.29 is 9.53 Å². The van der Waals surface area contributed by atoms with Crippen molar-refractivity contribution in [3.8, 4) is 5.75 Å². The van der Waals surface area contributed by atoms with Gasteiger partial charge in [0, 0.05) is 19.2 Å². The van der Waals surface area contributed by atoms with Gasteiger partial charge in [0.1, 0.15) is 5.75 Å². The van der Waals surface area contributed by atoms with Gasteiger partial charge in [-0.15, -0.1) is 0 Å². The summed E-state index contributed by atoms with van der Waals surface area (Å²) in [7, 11) is 1.62. The van der Waals surface area contributed by atoms with Gasteiger partial charge in [0.05, 0.1) is 17.3 Å². The van der Waals surface area contributed by atoms with E-state index in [1.165, 1.54) is 11.3 Å². The van der Waals surface area contributed by atoms with Crippen molar-refractivity contribution in [3.63, 3.8) is 0 Å². The fourth-order valence-electron chi connectivity index (χ4n) is 1.77. The predicted octanol–water partition coefficient (Wildman–Crippen LogP) is 3.18. The van der Waals surface area contributed by atoms with Crippen LogP contribution in [-0.4, -0.2) is 36.1 Å². The number of carbonyl (C=O) groups is 1. The van der Waals surface area contributed by atoms with E-state index in [2.05, 4.69) is 10.3 Å². The molecule has 0 fully saturated rings. The zero-order chi connectivity index (χ0) is 13.8. The maximum atomic E-state index is 11.9. The van der Waals surface area contributed by atoms with E-state index in [1.807, 2.05) is 32.0 Å². The highest BCUT2D eigenvalue weighted by atomic mass is 32.1. The van der Waals surface area contributed by atoms with Gasteiger partial charge in [0.15, 0.2) is 5.13 Å². The van der Waals surface area contributed by atoms with Crippen molar-refractivity contribution in [1.82, 2.24) is 9.88 Å². The van der Waals surface area contributed by atoms with Crippen LogP contribution in [0.3, 0.4) is 0 Å². The maximum Gasteiger partial charge on any atom is 0.323 e. The Labute approximate surface area is 116 Å². The highest BCUT2D eigenvalue weighted by molar-refractivity contribution is 7.22. The molecule has 0 aliphatic heterocycles. The van der Waals surface area contributed by atoms with Crippen LogP contribution in [0.4, 0.5) is 9.93 Å². The maximum absolute atomic E-state index is 11.9. The molecule has 1 aromatic heterocycles. The zero-order valence-electron chi connectivity index (χ0n) is 11.3. The Kier molecular flexibility index (Phi) is 4.21. The minimum atomic E-state index is -0.115. The Balaban J connectivity index is 2.19. The molecule has 0 radical (unpaired) electrons. The lowest BCUT2D eigenvalue weighted by molar-refractivity contribution is 0.217. The summed E-state index contributed by atoms with van der Waals surface area (Å²) in [4.78, 5) is 18.0. The van der Waals surface area contributed by atoms with E-state index in [1.54, 1.807) is 12.0 Å². The van der Waals surface area contributed by atoms with Crippen molar-refractivity contribution in [2.75, 3.05) is 25.5 Å². The summed E-state index contributed by atoms with van der Waals surface area (Å²) in [5, 5.41) is 3.44. The molecule has 6 heteroatoms. The van der Waals surface area contributed by atoms with Crippen molar-refractivity contribution >= 4 is 32.7 Å². The quantitative estimate of drug-likeness (QED) is 0.935. The molecular formula is C13H17N3O2S. The number of nitrogens with zero attached hydrogens (tertiary/aromatic N) is 2. The molecule has 0 unspecified atom stereocenters. The molecule has 19 heavy (non-hydrogen) atoms. The molecule has 1 aromatic carbocycles. The highest BCUT2D eigenvalue weighted by Crippen LogP contribution is 2.28. The summed E-state index contributed by atoms with van der Waals surface area (Å²) in [5.74, 6) is 0.763. The summed E-state index contributed by atoms with van der Waals surface area (Å²) < 4.78 is 6.18. The summed E-state index contributed by atoms with van der Waals surface area (Å²) in [6.45, 7) is 5.26. The number of anilines is 1. The molecule has 2 aromatic rings. The number of aromatic nitrogens is 1. The van der Waals surface area contributed by atoms with Gasteiger partial charge in [-0.2, -0.15) is 0 Å². The summed E-state index contributed by atoms with van der Waals surface area (Å²) in [5.41, 5.74) is 0.833. The minimum Gasteiger partial charge on any atom is -0.497 e. The molecule has 1 N–H and O–H groups in total. The lowest BCUT2D eigenvalue weighted by atomic mass is 10.3. The average molecular weight is 279 g/mol. The Morgan fingerprint density at radius 3 is 2.79 bits per heavy atom. The second-order valence-corrected chi connectivity index (χ2v) is 4.99. The molecule has 5 nitrogen and oxygen atoms in total. The molecule has 102 valence electrons. The monoisotopic (exact) mass is 279 g/mol. The van der Waals surface area contributed by atoms with Crippen LogP contribution in [-0.2, 0) is 0 Å². The van der Waals surface area contributed by atoms with Crippen LogP contribution >= 0.6 is 11.3 Å².